The van der Waals surface area contributed by atoms with E-state index in [0.29, 0.717) is 0 Å². The topological polar surface area (TPSA) is 55.4 Å². The number of benzene rings is 1. The molecule has 0 fully saturated rings. The van der Waals surface area contributed by atoms with Crippen molar-refractivity contribution in [3.05, 3.63) is 28.2 Å². The molecular formula is C10H13Cl2NO3S. The van der Waals surface area contributed by atoms with Crippen molar-refractivity contribution in [3.63, 3.8) is 0 Å². The molecule has 0 bridgehead atoms. The lowest BCUT2D eigenvalue weighted by atomic mass is 10.4. The maximum Gasteiger partial charge on any atom is 0.242 e. The lowest BCUT2D eigenvalue weighted by molar-refractivity contribution is 0.180. The Balaban J connectivity index is 3.02. The first-order valence-electron chi connectivity index (χ1n) is 4.83. The monoisotopic (exact) mass is 297 g/mol. The molecule has 0 radical (unpaired) electrons. The molecular weight excluding hydrogens is 285 g/mol. The number of methoxy groups -OCH3 is 1. The first kappa shape index (κ1) is 14.7. The van der Waals surface area contributed by atoms with Gasteiger partial charge in [-0.15, -0.1) is 0 Å². The fourth-order valence-corrected chi connectivity index (χ4v) is 3.29. The third-order valence-corrected chi connectivity index (χ3v) is 4.54. The zero-order valence-corrected chi connectivity index (χ0v) is 11.7. The van der Waals surface area contributed by atoms with Crippen LogP contribution in [0.1, 0.15) is 6.92 Å². The molecule has 0 amide bonds. The molecule has 0 saturated heterocycles. The summed E-state index contributed by atoms with van der Waals surface area (Å²) in [6.07, 6.45) is 0. The Morgan fingerprint density at radius 2 is 2.06 bits per heavy atom. The molecule has 1 rings (SSSR count). The summed E-state index contributed by atoms with van der Waals surface area (Å²) in [5.41, 5.74) is 0. The Kier molecular flexibility index (Phi) is 5.22. The van der Waals surface area contributed by atoms with Gasteiger partial charge in [-0.05, 0) is 19.1 Å². The zero-order chi connectivity index (χ0) is 13.1. The van der Waals surface area contributed by atoms with Gasteiger partial charge in [0, 0.05) is 13.2 Å². The van der Waals surface area contributed by atoms with Gasteiger partial charge in [-0.2, -0.15) is 0 Å². The molecule has 0 heterocycles. The van der Waals surface area contributed by atoms with Crippen molar-refractivity contribution in [1.29, 1.82) is 0 Å². The molecule has 0 aliphatic carbocycles. The van der Waals surface area contributed by atoms with Gasteiger partial charge in [-0.3, -0.25) is 0 Å². The van der Waals surface area contributed by atoms with Crippen LogP contribution in [0.25, 0.3) is 0 Å². The van der Waals surface area contributed by atoms with Crippen molar-refractivity contribution < 1.29 is 13.2 Å². The Bertz CT molecular complexity index is 490. The summed E-state index contributed by atoms with van der Waals surface area (Å²) in [7, 11) is -2.18. The first-order chi connectivity index (χ1) is 7.88. The number of rotatable bonds is 5. The van der Waals surface area contributed by atoms with E-state index in [-0.39, 0.29) is 27.6 Å². The number of hydrogen-bond acceptors (Lipinski definition) is 3. The van der Waals surface area contributed by atoms with Crippen LogP contribution < -0.4 is 4.72 Å². The minimum atomic E-state index is -3.68. The summed E-state index contributed by atoms with van der Waals surface area (Å²) in [6, 6.07) is 4.11. The molecule has 0 spiro atoms. The molecule has 0 aromatic heterocycles. The average molecular weight is 298 g/mol. The van der Waals surface area contributed by atoms with E-state index in [9.17, 15) is 8.42 Å². The molecule has 0 aliphatic heterocycles. The third-order valence-electron chi connectivity index (χ3n) is 1.98. The van der Waals surface area contributed by atoms with Crippen molar-refractivity contribution in [2.45, 2.75) is 17.9 Å². The maximum absolute atomic E-state index is 12.0. The van der Waals surface area contributed by atoms with E-state index in [4.69, 9.17) is 27.9 Å². The van der Waals surface area contributed by atoms with Crippen molar-refractivity contribution in [2.75, 3.05) is 13.7 Å². The molecule has 1 aromatic carbocycles. The van der Waals surface area contributed by atoms with Gasteiger partial charge in [0.1, 0.15) is 4.90 Å². The predicted octanol–water partition coefficient (Wildman–Crippen LogP) is 2.31. The van der Waals surface area contributed by atoms with Crippen LogP contribution in [-0.2, 0) is 14.8 Å². The maximum atomic E-state index is 12.0. The molecule has 1 atom stereocenters. The largest absolute Gasteiger partial charge is 0.383 e. The van der Waals surface area contributed by atoms with Crippen LogP contribution in [0.15, 0.2) is 23.1 Å². The molecule has 1 aromatic rings. The molecule has 96 valence electrons. The summed E-state index contributed by atoms with van der Waals surface area (Å²) >= 11 is 11.6. The lowest BCUT2D eigenvalue weighted by Crippen LogP contribution is -2.35. The second kappa shape index (κ2) is 6.02. The van der Waals surface area contributed by atoms with E-state index in [0.717, 1.165) is 0 Å². The molecule has 1 N–H and O–H groups in total. The highest BCUT2D eigenvalue weighted by molar-refractivity contribution is 7.89. The van der Waals surface area contributed by atoms with Gasteiger partial charge >= 0.3 is 0 Å². The molecule has 0 saturated carbocycles. The standard InChI is InChI=1S/C10H13Cl2NO3S/c1-7(6-16-2)13-17(14,15)9-5-3-4-8(11)10(9)12/h3-5,7,13H,6H2,1-2H3/t7-/m0/s1. The van der Waals surface area contributed by atoms with Crippen molar-refractivity contribution in [3.8, 4) is 0 Å². The average Bonchev–Trinajstić information content (AvgIpc) is 2.21. The molecule has 4 nitrogen and oxygen atoms in total. The SMILES string of the molecule is COC[C@H](C)NS(=O)(=O)c1cccc(Cl)c1Cl. The van der Waals surface area contributed by atoms with Crippen LogP contribution in [0, 0.1) is 0 Å². The van der Waals surface area contributed by atoms with Crippen LogP contribution >= 0.6 is 23.2 Å². The van der Waals surface area contributed by atoms with E-state index in [1.165, 1.54) is 25.3 Å². The number of nitrogens with one attached hydrogen (secondary N) is 1. The van der Waals surface area contributed by atoms with Gasteiger partial charge in [-0.1, -0.05) is 29.3 Å². The quantitative estimate of drug-likeness (QED) is 0.907. The van der Waals surface area contributed by atoms with Gasteiger partial charge in [0.15, 0.2) is 0 Å². The van der Waals surface area contributed by atoms with Gasteiger partial charge in [0.25, 0.3) is 0 Å². The fraction of sp³-hybridized carbons (Fsp3) is 0.400. The fourth-order valence-electron chi connectivity index (χ4n) is 1.30. The van der Waals surface area contributed by atoms with E-state index in [1.807, 2.05) is 0 Å². The van der Waals surface area contributed by atoms with Crippen molar-refractivity contribution >= 4 is 33.2 Å². The second-order valence-corrected chi connectivity index (χ2v) is 6.00. The Morgan fingerprint density at radius 3 is 2.65 bits per heavy atom. The summed E-state index contributed by atoms with van der Waals surface area (Å²) < 4.78 is 31.3. The highest BCUT2D eigenvalue weighted by Gasteiger charge is 2.21. The summed E-state index contributed by atoms with van der Waals surface area (Å²) in [5, 5.41) is 0.222. The van der Waals surface area contributed by atoms with E-state index in [2.05, 4.69) is 4.72 Å². The zero-order valence-electron chi connectivity index (χ0n) is 9.41. The van der Waals surface area contributed by atoms with Crippen molar-refractivity contribution in [2.24, 2.45) is 0 Å². The number of halogens is 2. The van der Waals surface area contributed by atoms with Crippen LogP contribution in [-0.4, -0.2) is 28.2 Å². The van der Waals surface area contributed by atoms with E-state index in [1.54, 1.807) is 6.92 Å². The number of ether oxygens (including phenoxy) is 1. The van der Waals surface area contributed by atoms with Crippen molar-refractivity contribution in [1.82, 2.24) is 4.72 Å². The van der Waals surface area contributed by atoms with Crippen LogP contribution in [0.3, 0.4) is 0 Å². The summed E-state index contributed by atoms with van der Waals surface area (Å²) in [5.74, 6) is 0. The van der Waals surface area contributed by atoms with Gasteiger partial charge < -0.3 is 4.74 Å². The second-order valence-electron chi connectivity index (χ2n) is 3.53. The number of sulfonamides is 1. The lowest BCUT2D eigenvalue weighted by Gasteiger charge is -2.14. The van der Waals surface area contributed by atoms with E-state index >= 15 is 0 Å². The summed E-state index contributed by atoms with van der Waals surface area (Å²) in [6.45, 7) is 1.97. The van der Waals surface area contributed by atoms with Crippen LogP contribution in [0.4, 0.5) is 0 Å². The minimum Gasteiger partial charge on any atom is -0.383 e. The summed E-state index contributed by atoms with van der Waals surface area (Å²) in [4.78, 5) is -0.0328. The van der Waals surface area contributed by atoms with Gasteiger partial charge in [-0.25, -0.2) is 13.1 Å². The van der Waals surface area contributed by atoms with Crippen LogP contribution in [0.2, 0.25) is 10.0 Å². The van der Waals surface area contributed by atoms with Gasteiger partial charge in [0.2, 0.25) is 10.0 Å². The highest BCUT2D eigenvalue weighted by atomic mass is 35.5. The molecule has 0 unspecified atom stereocenters. The van der Waals surface area contributed by atoms with E-state index < -0.39 is 10.0 Å². The number of hydrogen-bond donors (Lipinski definition) is 1. The molecule has 17 heavy (non-hydrogen) atoms. The predicted molar refractivity (Wildman–Crippen MR) is 68.1 cm³/mol. The van der Waals surface area contributed by atoms with Crippen LogP contribution in [0.5, 0.6) is 0 Å². The normalized spacial score (nSPS) is 13.6. The smallest absolute Gasteiger partial charge is 0.242 e. The third kappa shape index (κ3) is 3.82. The minimum absolute atomic E-state index is 0.0197. The Morgan fingerprint density at radius 1 is 1.41 bits per heavy atom. The highest BCUT2D eigenvalue weighted by Crippen LogP contribution is 2.28. The van der Waals surface area contributed by atoms with Gasteiger partial charge in [0.05, 0.1) is 16.7 Å². The molecule has 0 aliphatic rings. The Labute approximate surface area is 111 Å². The Hall–Kier alpha value is -0.330. The molecule has 7 heteroatoms. The first-order valence-corrected chi connectivity index (χ1v) is 7.07.